The van der Waals surface area contributed by atoms with Gasteiger partial charge in [0.2, 0.25) is 5.60 Å². The number of aliphatic carboxylic acids is 1. The molecule has 0 radical (unpaired) electrons. The number of hydrogen-bond donors (Lipinski definition) is 2. The molecule has 5 aliphatic rings. The Hall–Kier alpha value is -2.29. The van der Waals surface area contributed by atoms with Crippen molar-refractivity contribution in [3.05, 3.63) is 53.1 Å². The van der Waals surface area contributed by atoms with Gasteiger partial charge in [-0.05, 0) is 68.0 Å². The topological polar surface area (TPSA) is 87.1 Å². The second-order valence-electron chi connectivity index (χ2n) is 11.5. The summed E-state index contributed by atoms with van der Waals surface area (Å²) in [6.07, 6.45) is 0.530. The van der Waals surface area contributed by atoms with Gasteiger partial charge in [-0.15, -0.1) is 0 Å². The van der Waals surface area contributed by atoms with Gasteiger partial charge in [-0.25, -0.2) is 13.6 Å². The molecule has 1 aromatic rings. The summed E-state index contributed by atoms with van der Waals surface area (Å²) in [7, 11) is 0. The highest BCUT2D eigenvalue weighted by Crippen LogP contribution is 2.72. The third kappa shape index (κ3) is 2.68. The van der Waals surface area contributed by atoms with Gasteiger partial charge in [-0.2, -0.15) is 0 Å². The van der Waals surface area contributed by atoms with Crippen LogP contribution in [-0.4, -0.2) is 52.1 Å². The summed E-state index contributed by atoms with van der Waals surface area (Å²) in [5.41, 5.74) is -5.99. The molecule has 1 heterocycles. The van der Waals surface area contributed by atoms with Gasteiger partial charge in [-0.3, -0.25) is 14.7 Å². The van der Waals surface area contributed by atoms with Gasteiger partial charge in [-0.1, -0.05) is 30.7 Å². The second kappa shape index (κ2) is 7.39. The number of hydrogen-bond acceptors (Lipinski definition) is 5. The standard InChI is InChI=1S/C27H28ClF2NO5/c1-24-7-6-17(32)10-20(24)21(29)11-19-18-8-14-13-31(16-5-3-4-15(28)9-16)36-27(14,23(34)35)25(18,2)12-22(33)26(19,24)30/h3-7,9-10,14,18-19,21-22,33H,8,11-13H2,1-2H3,(H,34,35)/t14-,18?,19-,21-,22-,24-,25-,26-,27-/m0/s1. The van der Waals surface area contributed by atoms with Crippen LogP contribution in [-0.2, 0) is 14.4 Å². The maximum Gasteiger partial charge on any atom is 0.339 e. The third-order valence-corrected chi connectivity index (χ3v) is 10.3. The van der Waals surface area contributed by atoms with Gasteiger partial charge < -0.3 is 10.2 Å². The smallest absolute Gasteiger partial charge is 0.339 e. The van der Waals surface area contributed by atoms with Crippen LogP contribution in [0.15, 0.2) is 48.1 Å². The van der Waals surface area contributed by atoms with Crippen LogP contribution >= 0.6 is 11.6 Å². The zero-order chi connectivity index (χ0) is 25.8. The van der Waals surface area contributed by atoms with E-state index in [4.69, 9.17) is 16.4 Å². The molecule has 4 aliphatic carbocycles. The lowest BCUT2D eigenvalue weighted by Crippen LogP contribution is -2.70. The number of alkyl halides is 2. The number of anilines is 1. The van der Waals surface area contributed by atoms with Gasteiger partial charge in [0.1, 0.15) is 6.17 Å². The molecule has 1 unspecified atom stereocenters. The second-order valence-corrected chi connectivity index (χ2v) is 11.9. The minimum atomic E-state index is -2.26. The Labute approximate surface area is 212 Å². The minimum Gasteiger partial charge on any atom is -0.479 e. The predicted molar refractivity (Wildman–Crippen MR) is 128 cm³/mol. The van der Waals surface area contributed by atoms with Crippen molar-refractivity contribution in [1.82, 2.24) is 0 Å². The first-order valence-corrected chi connectivity index (χ1v) is 12.7. The zero-order valence-electron chi connectivity index (χ0n) is 20.0. The quantitative estimate of drug-likeness (QED) is 0.600. The number of nitrogens with zero attached hydrogens (tertiary/aromatic N) is 1. The van der Waals surface area contributed by atoms with Gasteiger partial charge >= 0.3 is 5.97 Å². The van der Waals surface area contributed by atoms with Crippen molar-refractivity contribution in [2.24, 2.45) is 28.6 Å². The Bertz CT molecular complexity index is 1240. The summed E-state index contributed by atoms with van der Waals surface area (Å²) in [4.78, 5) is 31.2. The summed E-state index contributed by atoms with van der Waals surface area (Å²) in [5.74, 6) is -3.59. The number of carbonyl (C=O) groups excluding carboxylic acids is 1. The highest BCUT2D eigenvalue weighted by atomic mass is 35.5. The molecule has 0 spiro atoms. The Balaban J connectivity index is 1.44. The number of carbonyl (C=O) groups is 2. The van der Waals surface area contributed by atoms with Crippen LogP contribution in [0.2, 0.25) is 5.02 Å². The molecule has 0 bridgehead atoms. The summed E-state index contributed by atoms with van der Waals surface area (Å²) in [5, 5.41) is 24.0. The summed E-state index contributed by atoms with van der Waals surface area (Å²) in [6.45, 7) is 3.51. The molecule has 9 atom stereocenters. The molecule has 0 amide bonds. The van der Waals surface area contributed by atoms with E-state index in [1.165, 1.54) is 24.1 Å². The minimum absolute atomic E-state index is 0.0472. The highest BCUT2D eigenvalue weighted by Gasteiger charge is 2.80. The highest BCUT2D eigenvalue weighted by molar-refractivity contribution is 6.30. The Morgan fingerprint density at radius 1 is 1.25 bits per heavy atom. The van der Waals surface area contributed by atoms with E-state index in [2.05, 4.69) is 0 Å². The fourth-order valence-corrected chi connectivity index (χ4v) is 8.58. The normalized spacial score (nSPS) is 47.1. The van der Waals surface area contributed by atoms with Crippen LogP contribution in [0.5, 0.6) is 0 Å². The van der Waals surface area contributed by atoms with Crippen LogP contribution in [0.25, 0.3) is 0 Å². The molecule has 6 nitrogen and oxygen atoms in total. The van der Waals surface area contributed by atoms with Crippen molar-refractivity contribution in [2.75, 3.05) is 11.6 Å². The first kappa shape index (κ1) is 24.1. The first-order chi connectivity index (χ1) is 16.9. The number of aliphatic hydroxyl groups excluding tert-OH is 1. The number of rotatable bonds is 2. The summed E-state index contributed by atoms with van der Waals surface area (Å²) < 4.78 is 32.9. The Kier molecular flexibility index (Phi) is 4.94. The maximum atomic E-state index is 17.3. The number of hydroxylamine groups is 1. The lowest BCUT2D eigenvalue weighted by Gasteiger charge is -2.62. The van der Waals surface area contributed by atoms with Crippen LogP contribution in [0.3, 0.4) is 0 Å². The van der Waals surface area contributed by atoms with Crippen molar-refractivity contribution in [3.63, 3.8) is 0 Å². The van der Waals surface area contributed by atoms with E-state index in [0.717, 1.165) is 6.08 Å². The Morgan fingerprint density at radius 3 is 2.69 bits per heavy atom. The van der Waals surface area contributed by atoms with Gasteiger partial charge in [0.25, 0.3) is 0 Å². The molecule has 6 rings (SSSR count). The van der Waals surface area contributed by atoms with E-state index in [1.807, 2.05) is 0 Å². The molecule has 1 aromatic carbocycles. The van der Waals surface area contributed by atoms with Crippen molar-refractivity contribution >= 4 is 29.0 Å². The lowest BCUT2D eigenvalue weighted by atomic mass is 9.44. The van der Waals surface area contributed by atoms with Crippen LogP contribution in [0.4, 0.5) is 14.5 Å². The maximum absolute atomic E-state index is 17.3. The van der Waals surface area contributed by atoms with E-state index in [-0.39, 0.29) is 25.0 Å². The Morgan fingerprint density at radius 2 is 2.00 bits per heavy atom. The van der Waals surface area contributed by atoms with E-state index < -0.39 is 63.9 Å². The molecule has 36 heavy (non-hydrogen) atoms. The average Bonchev–Trinajstić information content (AvgIpc) is 3.31. The van der Waals surface area contributed by atoms with E-state index in [0.29, 0.717) is 17.1 Å². The van der Waals surface area contributed by atoms with Crippen LogP contribution < -0.4 is 5.06 Å². The monoisotopic (exact) mass is 519 g/mol. The van der Waals surface area contributed by atoms with Crippen LogP contribution in [0.1, 0.15) is 33.1 Å². The molecule has 192 valence electrons. The SMILES string of the molecule is C[C@]12C=CC(=O)C=C1[C@@H](F)C[C@H]1C3C[C@H]4CN(c5cccc(Cl)c5)O[C@@]4(C(=O)O)[C@@]3(C)C[C@H](O)[C@@]12F. The lowest BCUT2D eigenvalue weighted by molar-refractivity contribution is -0.233. The number of aliphatic hydroxyl groups is 1. The summed E-state index contributed by atoms with van der Waals surface area (Å²) in [6, 6.07) is 6.90. The molecule has 1 saturated heterocycles. The van der Waals surface area contributed by atoms with E-state index in [1.54, 1.807) is 31.2 Å². The van der Waals surface area contributed by atoms with Crippen molar-refractivity contribution in [3.8, 4) is 0 Å². The molecule has 9 heteroatoms. The number of benzene rings is 1. The zero-order valence-corrected chi connectivity index (χ0v) is 20.7. The fourth-order valence-electron chi connectivity index (χ4n) is 8.39. The number of fused-ring (bicyclic) bond motifs is 7. The van der Waals surface area contributed by atoms with Crippen LogP contribution in [0, 0.1) is 28.6 Å². The fraction of sp³-hybridized carbons (Fsp3) is 0.556. The first-order valence-electron chi connectivity index (χ1n) is 12.3. The molecular weight excluding hydrogens is 492 g/mol. The van der Waals surface area contributed by atoms with Crippen molar-refractivity contribution < 1.29 is 33.4 Å². The van der Waals surface area contributed by atoms with Gasteiger partial charge in [0.05, 0.1) is 18.3 Å². The molecular formula is C27H28ClF2NO5. The van der Waals surface area contributed by atoms with E-state index >= 15 is 8.78 Å². The third-order valence-electron chi connectivity index (χ3n) is 10.0. The van der Waals surface area contributed by atoms with Gasteiger partial charge in [0.15, 0.2) is 11.5 Å². The van der Waals surface area contributed by atoms with Gasteiger partial charge in [0, 0.05) is 27.7 Å². The number of carboxylic acids is 1. The molecule has 1 aliphatic heterocycles. The summed E-state index contributed by atoms with van der Waals surface area (Å²) >= 11 is 6.14. The molecule has 3 saturated carbocycles. The molecule has 0 aromatic heterocycles. The largest absolute Gasteiger partial charge is 0.479 e. The number of halogens is 3. The van der Waals surface area contributed by atoms with E-state index in [9.17, 15) is 19.8 Å². The molecule has 4 fully saturated rings. The molecule has 2 N–H and O–H groups in total. The number of carboxylic acid groups (broad SMARTS) is 1. The average molecular weight is 520 g/mol. The number of ketones is 1. The number of allylic oxidation sites excluding steroid dienone is 4. The van der Waals surface area contributed by atoms with Crippen molar-refractivity contribution in [2.45, 2.75) is 56.7 Å². The predicted octanol–water partition coefficient (Wildman–Crippen LogP) is 4.46. The van der Waals surface area contributed by atoms with Crippen molar-refractivity contribution in [1.29, 1.82) is 0 Å².